The van der Waals surface area contributed by atoms with Crippen LogP contribution in [-0.2, 0) is 0 Å². The molecule has 5 nitrogen and oxygen atoms in total. The van der Waals surface area contributed by atoms with Crippen LogP contribution in [0.3, 0.4) is 0 Å². The minimum absolute atomic E-state index is 0.0165. The Morgan fingerprint density at radius 3 is 2.53 bits per heavy atom. The van der Waals surface area contributed by atoms with Crippen molar-refractivity contribution < 1.29 is 4.79 Å². The van der Waals surface area contributed by atoms with Crippen molar-refractivity contribution in [1.82, 2.24) is 14.7 Å². The number of benzene rings is 1. The lowest BCUT2D eigenvalue weighted by Gasteiger charge is -2.14. The van der Waals surface area contributed by atoms with Gasteiger partial charge in [0.2, 0.25) is 0 Å². The number of anilines is 1. The molecule has 19 heavy (non-hydrogen) atoms. The van der Waals surface area contributed by atoms with Gasteiger partial charge in [0, 0.05) is 13.1 Å². The SMILES string of the molecule is Nc1c(C(=O)N2CCCC2)cnn1-c1ccccc1. The van der Waals surface area contributed by atoms with Gasteiger partial charge >= 0.3 is 0 Å². The lowest BCUT2D eigenvalue weighted by atomic mass is 10.2. The molecule has 0 aliphatic carbocycles. The number of aromatic nitrogens is 2. The number of amides is 1. The van der Waals surface area contributed by atoms with Crippen LogP contribution in [0.4, 0.5) is 5.82 Å². The number of rotatable bonds is 2. The first-order valence-electron chi connectivity index (χ1n) is 6.45. The van der Waals surface area contributed by atoms with Gasteiger partial charge in [0.05, 0.1) is 11.9 Å². The van der Waals surface area contributed by atoms with Gasteiger partial charge in [-0.05, 0) is 25.0 Å². The van der Waals surface area contributed by atoms with Crippen LogP contribution >= 0.6 is 0 Å². The molecule has 5 heteroatoms. The summed E-state index contributed by atoms with van der Waals surface area (Å²) in [6.07, 6.45) is 3.69. The quantitative estimate of drug-likeness (QED) is 0.889. The van der Waals surface area contributed by atoms with Crippen molar-refractivity contribution in [1.29, 1.82) is 0 Å². The van der Waals surface area contributed by atoms with Gasteiger partial charge in [-0.15, -0.1) is 0 Å². The van der Waals surface area contributed by atoms with E-state index >= 15 is 0 Å². The van der Waals surface area contributed by atoms with Crippen LogP contribution in [0.1, 0.15) is 23.2 Å². The minimum atomic E-state index is -0.0165. The maximum Gasteiger partial charge on any atom is 0.259 e. The molecule has 1 saturated heterocycles. The largest absolute Gasteiger partial charge is 0.383 e. The number of carbonyl (C=O) groups excluding carboxylic acids is 1. The Labute approximate surface area is 111 Å². The van der Waals surface area contributed by atoms with Crippen LogP contribution in [0, 0.1) is 0 Å². The molecule has 0 bridgehead atoms. The smallest absolute Gasteiger partial charge is 0.259 e. The number of nitrogens with two attached hydrogens (primary N) is 1. The van der Waals surface area contributed by atoms with Gasteiger partial charge in [0.1, 0.15) is 11.4 Å². The molecule has 3 rings (SSSR count). The molecule has 1 aliphatic heterocycles. The third-order valence-electron chi connectivity index (χ3n) is 3.43. The molecule has 0 saturated carbocycles. The standard InChI is InChI=1S/C14H16N4O/c15-13-12(14(19)17-8-4-5-9-17)10-16-18(13)11-6-2-1-3-7-11/h1-3,6-7,10H,4-5,8-9,15H2. The summed E-state index contributed by atoms with van der Waals surface area (Å²) in [6, 6.07) is 9.58. The predicted octanol–water partition coefficient (Wildman–Crippen LogP) is 1.69. The summed E-state index contributed by atoms with van der Waals surface area (Å²) in [5, 5.41) is 4.22. The van der Waals surface area contributed by atoms with Crippen molar-refractivity contribution in [2.75, 3.05) is 18.8 Å². The molecule has 98 valence electrons. The van der Waals surface area contributed by atoms with Gasteiger partial charge in [-0.2, -0.15) is 5.10 Å². The summed E-state index contributed by atoms with van der Waals surface area (Å²) >= 11 is 0. The van der Waals surface area contributed by atoms with Gasteiger partial charge in [0.25, 0.3) is 5.91 Å². The topological polar surface area (TPSA) is 64.2 Å². The number of hydrogen-bond donors (Lipinski definition) is 1. The van der Waals surface area contributed by atoms with Crippen LogP contribution < -0.4 is 5.73 Å². The average Bonchev–Trinajstić information content (AvgIpc) is 3.08. The van der Waals surface area contributed by atoms with Gasteiger partial charge in [-0.1, -0.05) is 18.2 Å². The van der Waals surface area contributed by atoms with E-state index in [0.717, 1.165) is 31.6 Å². The highest BCUT2D eigenvalue weighted by Gasteiger charge is 2.23. The Hall–Kier alpha value is -2.30. The minimum Gasteiger partial charge on any atom is -0.383 e. The normalized spacial score (nSPS) is 14.8. The molecular formula is C14H16N4O. The first-order chi connectivity index (χ1) is 9.27. The molecule has 0 unspecified atom stereocenters. The van der Waals surface area contributed by atoms with E-state index in [9.17, 15) is 4.79 Å². The summed E-state index contributed by atoms with van der Waals surface area (Å²) < 4.78 is 1.60. The summed E-state index contributed by atoms with van der Waals surface area (Å²) in [7, 11) is 0. The van der Waals surface area contributed by atoms with E-state index in [1.807, 2.05) is 35.2 Å². The second kappa shape index (κ2) is 4.76. The Bertz CT molecular complexity index is 585. The number of para-hydroxylation sites is 1. The Kier molecular flexibility index (Phi) is 2.95. The molecule has 0 spiro atoms. The summed E-state index contributed by atoms with van der Waals surface area (Å²) in [6.45, 7) is 1.63. The first-order valence-corrected chi connectivity index (χ1v) is 6.45. The zero-order valence-corrected chi connectivity index (χ0v) is 10.6. The number of hydrogen-bond acceptors (Lipinski definition) is 3. The van der Waals surface area contributed by atoms with E-state index in [4.69, 9.17) is 5.73 Å². The van der Waals surface area contributed by atoms with E-state index in [-0.39, 0.29) is 5.91 Å². The second-order valence-corrected chi connectivity index (χ2v) is 4.69. The zero-order valence-electron chi connectivity index (χ0n) is 10.6. The van der Waals surface area contributed by atoms with Crippen LogP contribution in [0.15, 0.2) is 36.5 Å². The van der Waals surface area contributed by atoms with Crippen molar-refractivity contribution >= 4 is 11.7 Å². The third-order valence-corrected chi connectivity index (χ3v) is 3.43. The zero-order chi connectivity index (χ0) is 13.2. The van der Waals surface area contributed by atoms with E-state index in [1.165, 1.54) is 0 Å². The van der Waals surface area contributed by atoms with Gasteiger partial charge in [0.15, 0.2) is 0 Å². The number of carbonyl (C=O) groups is 1. The fourth-order valence-corrected chi connectivity index (χ4v) is 2.39. The summed E-state index contributed by atoms with van der Waals surface area (Å²) in [5.74, 6) is 0.389. The van der Waals surface area contributed by atoms with E-state index < -0.39 is 0 Å². The maximum absolute atomic E-state index is 12.3. The maximum atomic E-state index is 12.3. The molecule has 1 amide bonds. The predicted molar refractivity (Wildman–Crippen MR) is 73.1 cm³/mol. The number of nitrogens with zero attached hydrogens (tertiary/aromatic N) is 3. The van der Waals surface area contributed by atoms with Gasteiger partial charge < -0.3 is 10.6 Å². The number of likely N-dealkylation sites (tertiary alicyclic amines) is 1. The molecule has 1 fully saturated rings. The highest BCUT2D eigenvalue weighted by Crippen LogP contribution is 2.20. The average molecular weight is 256 g/mol. The summed E-state index contributed by atoms with van der Waals surface area (Å²) in [5.41, 5.74) is 7.41. The van der Waals surface area contributed by atoms with E-state index in [0.29, 0.717) is 11.4 Å². The van der Waals surface area contributed by atoms with Crippen molar-refractivity contribution in [2.45, 2.75) is 12.8 Å². The van der Waals surface area contributed by atoms with Gasteiger partial charge in [-0.3, -0.25) is 4.79 Å². The fraction of sp³-hybridized carbons (Fsp3) is 0.286. The fourth-order valence-electron chi connectivity index (χ4n) is 2.39. The Balaban J connectivity index is 1.93. The lowest BCUT2D eigenvalue weighted by Crippen LogP contribution is -2.28. The molecule has 0 radical (unpaired) electrons. The van der Waals surface area contributed by atoms with Crippen molar-refractivity contribution in [3.63, 3.8) is 0 Å². The number of nitrogen functional groups attached to an aromatic ring is 1. The summed E-state index contributed by atoms with van der Waals surface area (Å²) in [4.78, 5) is 14.1. The van der Waals surface area contributed by atoms with E-state index in [1.54, 1.807) is 10.9 Å². The van der Waals surface area contributed by atoms with Crippen LogP contribution in [0.25, 0.3) is 5.69 Å². The van der Waals surface area contributed by atoms with Crippen molar-refractivity contribution in [2.24, 2.45) is 0 Å². The molecule has 2 N–H and O–H groups in total. The Morgan fingerprint density at radius 2 is 1.84 bits per heavy atom. The van der Waals surface area contributed by atoms with Crippen molar-refractivity contribution in [3.8, 4) is 5.69 Å². The first kappa shape index (κ1) is 11.8. The monoisotopic (exact) mass is 256 g/mol. The molecule has 1 aliphatic rings. The van der Waals surface area contributed by atoms with Crippen molar-refractivity contribution in [3.05, 3.63) is 42.1 Å². The molecule has 2 heterocycles. The molecule has 1 aromatic carbocycles. The molecule has 2 aromatic rings. The highest BCUT2D eigenvalue weighted by molar-refractivity contribution is 5.98. The highest BCUT2D eigenvalue weighted by atomic mass is 16.2. The molecular weight excluding hydrogens is 240 g/mol. The van der Waals surface area contributed by atoms with Gasteiger partial charge in [-0.25, -0.2) is 4.68 Å². The van der Waals surface area contributed by atoms with E-state index in [2.05, 4.69) is 5.10 Å². The second-order valence-electron chi connectivity index (χ2n) is 4.69. The third kappa shape index (κ3) is 2.07. The van der Waals surface area contributed by atoms with Crippen LogP contribution in [-0.4, -0.2) is 33.7 Å². The Morgan fingerprint density at radius 1 is 1.16 bits per heavy atom. The lowest BCUT2D eigenvalue weighted by molar-refractivity contribution is 0.0794. The van der Waals surface area contributed by atoms with Crippen LogP contribution in [0.2, 0.25) is 0 Å². The van der Waals surface area contributed by atoms with Crippen LogP contribution in [0.5, 0.6) is 0 Å². The molecule has 0 atom stereocenters. The molecule has 1 aromatic heterocycles.